The van der Waals surface area contributed by atoms with E-state index in [0.29, 0.717) is 17.9 Å². The molecule has 2 aromatic heterocycles. The summed E-state index contributed by atoms with van der Waals surface area (Å²) in [7, 11) is 0. The van der Waals surface area contributed by atoms with E-state index in [1.54, 1.807) is 22.5 Å². The van der Waals surface area contributed by atoms with Crippen LogP contribution in [-0.4, -0.2) is 38.2 Å². The van der Waals surface area contributed by atoms with Crippen molar-refractivity contribution in [2.45, 2.75) is 43.0 Å². The Labute approximate surface area is 188 Å². The second-order valence-corrected chi connectivity index (χ2v) is 8.98. The molecule has 0 unspecified atom stereocenters. The molecule has 2 N–H and O–H groups in total. The number of hydrogen-bond acceptors (Lipinski definition) is 6. The minimum atomic E-state index is -1.09. The van der Waals surface area contributed by atoms with Crippen molar-refractivity contribution in [2.24, 2.45) is 0 Å². The molecule has 1 atom stereocenters. The molecule has 1 aromatic carbocycles. The van der Waals surface area contributed by atoms with Crippen molar-refractivity contribution in [3.8, 4) is 0 Å². The lowest BCUT2D eigenvalue weighted by molar-refractivity contribution is -0.137. The van der Waals surface area contributed by atoms with Gasteiger partial charge in [0.2, 0.25) is 0 Å². The van der Waals surface area contributed by atoms with Crippen molar-refractivity contribution in [3.63, 3.8) is 0 Å². The molecule has 10 heteroatoms. The van der Waals surface area contributed by atoms with Crippen molar-refractivity contribution in [1.29, 1.82) is 0 Å². The summed E-state index contributed by atoms with van der Waals surface area (Å²) in [6.07, 6.45) is 7.01. The number of furan rings is 1. The number of benzene rings is 1. The predicted molar refractivity (Wildman–Crippen MR) is 116 cm³/mol. The lowest BCUT2D eigenvalue weighted by Crippen LogP contribution is -2.30. The Morgan fingerprint density at radius 2 is 2.03 bits per heavy atom. The van der Waals surface area contributed by atoms with Gasteiger partial charge in [0.25, 0.3) is 5.91 Å². The van der Waals surface area contributed by atoms with Gasteiger partial charge in [-0.3, -0.25) is 9.59 Å². The number of carbonyl (C=O) groups is 2. The number of aliphatic carboxylic acids is 1. The molecule has 1 saturated carbocycles. The maximum atomic E-state index is 13.2. The first kappa shape index (κ1) is 22.1. The smallest absolute Gasteiger partial charge is 0.305 e. The third-order valence-corrected chi connectivity index (χ3v) is 7.12. The van der Waals surface area contributed by atoms with E-state index in [1.165, 1.54) is 36.8 Å². The lowest BCUT2D eigenvalue weighted by Gasteiger charge is -2.38. The minimum Gasteiger partial charge on any atom is -0.481 e. The Kier molecular flexibility index (Phi) is 6.31. The number of thioether (sulfide) groups is 1. The highest BCUT2D eigenvalue weighted by Crippen LogP contribution is 2.50. The summed E-state index contributed by atoms with van der Waals surface area (Å²) in [6.45, 7) is 0.321. The molecule has 0 saturated heterocycles. The molecule has 3 aromatic rings. The topological polar surface area (TPSA) is 110 Å². The van der Waals surface area contributed by atoms with Gasteiger partial charge in [-0.05, 0) is 55.3 Å². The van der Waals surface area contributed by atoms with Gasteiger partial charge in [-0.2, -0.15) is 11.8 Å². The monoisotopic (exact) mass is 458 g/mol. The highest BCUT2D eigenvalue weighted by molar-refractivity contribution is 7.99. The van der Waals surface area contributed by atoms with Crippen LogP contribution >= 0.6 is 11.8 Å². The van der Waals surface area contributed by atoms with Gasteiger partial charge in [0, 0.05) is 0 Å². The van der Waals surface area contributed by atoms with Crippen LogP contribution in [0.1, 0.15) is 59.3 Å². The van der Waals surface area contributed by atoms with Gasteiger partial charge in [0.05, 0.1) is 29.1 Å². The van der Waals surface area contributed by atoms with E-state index < -0.39 is 23.7 Å². The maximum Gasteiger partial charge on any atom is 0.305 e. The molecule has 2 heterocycles. The third-order valence-electron chi connectivity index (χ3n) is 5.72. The number of hydrogen-bond donors (Lipinski definition) is 2. The van der Waals surface area contributed by atoms with Gasteiger partial charge in [0.1, 0.15) is 18.1 Å². The molecule has 1 fully saturated rings. The van der Waals surface area contributed by atoms with Crippen LogP contribution in [0, 0.1) is 5.82 Å². The number of carboxylic acids is 1. The normalized spacial score (nSPS) is 15.7. The van der Waals surface area contributed by atoms with E-state index in [1.807, 2.05) is 6.20 Å². The average Bonchev–Trinajstić information content (AvgIpc) is 3.38. The number of nitrogens with zero attached hydrogens (tertiary/aromatic N) is 3. The standard InChI is InChI=1S/C22H23FN4O4S/c1-32-22(9-2-10-22)19-13-27(26-25-19)12-16-7-8-18(31-16)21(30)24-17(11-20(28)29)14-3-5-15(23)6-4-14/h3-8,13,17H,2,9-12H2,1H3,(H,24,30)(H,28,29)/t17-/m0/s1. The number of aromatic nitrogens is 3. The van der Waals surface area contributed by atoms with E-state index in [2.05, 4.69) is 21.9 Å². The molecule has 32 heavy (non-hydrogen) atoms. The van der Waals surface area contributed by atoms with Crippen LogP contribution < -0.4 is 5.32 Å². The zero-order chi connectivity index (χ0) is 22.7. The number of carboxylic acid groups (broad SMARTS) is 1. The van der Waals surface area contributed by atoms with Crippen molar-refractivity contribution in [3.05, 3.63) is 71.2 Å². The molecule has 0 spiro atoms. The van der Waals surface area contributed by atoms with Crippen LogP contribution in [0.2, 0.25) is 0 Å². The predicted octanol–water partition coefficient (Wildman–Crippen LogP) is 3.75. The second kappa shape index (κ2) is 9.15. The number of halogens is 1. The molecular formula is C22H23FN4O4S. The van der Waals surface area contributed by atoms with Crippen LogP contribution in [0.15, 0.2) is 47.0 Å². The first-order valence-electron chi connectivity index (χ1n) is 10.2. The van der Waals surface area contributed by atoms with Gasteiger partial charge >= 0.3 is 5.97 Å². The van der Waals surface area contributed by atoms with Gasteiger partial charge in [-0.15, -0.1) is 5.10 Å². The van der Waals surface area contributed by atoms with Crippen LogP contribution in [0.4, 0.5) is 4.39 Å². The first-order chi connectivity index (χ1) is 15.4. The van der Waals surface area contributed by atoms with E-state index in [9.17, 15) is 19.1 Å². The van der Waals surface area contributed by atoms with Gasteiger partial charge < -0.3 is 14.8 Å². The first-order valence-corrected chi connectivity index (χ1v) is 11.4. The van der Waals surface area contributed by atoms with Crippen LogP contribution in [0.25, 0.3) is 0 Å². The molecule has 0 radical (unpaired) electrons. The Bertz CT molecular complexity index is 1100. The van der Waals surface area contributed by atoms with E-state index in [4.69, 9.17) is 4.42 Å². The molecule has 168 valence electrons. The molecule has 1 aliphatic rings. The summed E-state index contributed by atoms with van der Waals surface area (Å²) in [6, 6.07) is 7.72. The highest BCUT2D eigenvalue weighted by atomic mass is 32.2. The molecule has 8 nitrogen and oxygen atoms in total. The Morgan fingerprint density at radius 3 is 2.66 bits per heavy atom. The van der Waals surface area contributed by atoms with Crippen molar-refractivity contribution >= 4 is 23.6 Å². The number of carbonyl (C=O) groups excluding carboxylic acids is 1. The molecule has 0 aliphatic heterocycles. The van der Waals surface area contributed by atoms with Crippen molar-refractivity contribution < 1.29 is 23.5 Å². The average molecular weight is 459 g/mol. The number of nitrogens with one attached hydrogen (secondary N) is 1. The van der Waals surface area contributed by atoms with Crippen LogP contribution in [0.3, 0.4) is 0 Å². The fourth-order valence-corrected chi connectivity index (χ4v) is 4.74. The minimum absolute atomic E-state index is 0.0476. The SMILES string of the molecule is CSC1(c2cn(Cc3ccc(C(=O)N[C@@H](CC(=O)O)c4ccc(F)cc4)o3)nn2)CCC1. The summed E-state index contributed by atoms with van der Waals surface area (Å²) in [5.74, 6) is -1.51. The number of amides is 1. The third kappa shape index (κ3) is 4.69. The highest BCUT2D eigenvalue weighted by Gasteiger charge is 2.40. The summed E-state index contributed by atoms with van der Waals surface area (Å²) in [4.78, 5) is 23.9. The zero-order valence-electron chi connectivity index (χ0n) is 17.5. The Morgan fingerprint density at radius 1 is 1.28 bits per heavy atom. The second-order valence-electron chi connectivity index (χ2n) is 7.79. The summed E-state index contributed by atoms with van der Waals surface area (Å²) in [5.41, 5.74) is 1.44. The van der Waals surface area contributed by atoms with Crippen molar-refractivity contribution in [1.82, 2.24) is 20.3 Å². The molecule has 4 rings (SSSR count). The molecule has 0 bridgehead atoms. The summed E-state index contributed by atoms with van der Waals surface area (Å²) >= 11 is 1.79. The zero-order valence-corrected chi connectivity index (χ0v) is 18.3. The van der Waals surface area contributed by atoms with Crippen LogP contribution in [-0.2, 0) is 16.1 Å². The van der Waals surface area contributed by atoms with Gasteiger partial charge in [-0.25, -0.2) is 9.07 Å². The molecular weight excluding hydrogens is 435 g/mol. The van der Waals surface area contributed by atoms with Crippen molar-refractivity contribution in [2.75, 3.05) is 6.26 Å². The quantitative estimate of drug-likeness (QED) is 0.502. The van der Waals surface area contributed by atoms with Gasteiger partial charge in [0.15, 0.2) is 5.76 Å². The number of rotatable bonds is 9. The summed E-state index contributed by atoms with van der Waals surface area (Å²) in [5, 5.41) is 20.3. The summed E-state index contributed by atoms with van der Waals surface area (Å²) < 4.78 is 20.6. The fraction of sp³-hybridized carbons (Fsp3) is 0.364. The molecule has 1 aliphatic carbocycles. The van der Waals surface area contributed by atoms with E-state index in [-0.39, 0.29) is 16.9 Å². The lowest BCUT2D eigenvalue weighted by atomic mass is 9.82. The van der Waals surface area contributed by atoms with E-state index >= 15 is 0 Å². The Balaban J connectivity index is 1.43. The Hall–Kier alpha value is -3.14. The molecule has 1 amide bonds. The van der Waals surface area contributed by atoms with Crippen LogP contribution in [0.5, 0.6) is 0 Å². The van der Waals surface area contributed by atoms with E-state index in [0.717, 1.165) is 18.5 Å². The maximum absolute atomic E-state index is 13.2. The fourth-order valence-electron chi connectivity index (χ4n) is 3.74. The van der Waals surface area contributed by atoms with Gasteiger partial charge in [-0.1, -0.05) is 17.3 Å². The largest absolute Gasteiger partial charge is 0.481 e.